The Hall–Kier alpha value is -1.40. The van der Waals surface area contributed by atoms with Gasteiger partial charge in [0.25, 0.3) is 0 Å². The second kappa shape index (κ2) is 6.85. The molecule has 3 N–H and O–H groups in total. The standard InChI is InChI=1S/C13H17FN2O3.ClH/c14-9-6-10(13(17)11(7-9)16(18)19)12(15)8-4-2-1-3-5-8;/h6-8,12,17H,1-5,15H2;1H/t12-;/m1./s1. The van der Waals surface area contributed by atoms with E-state index in [1.54, 1.807) is 0 Å². The minimum atomic E-state index is -0.796. The van der Waals surface area contributed by atoms with E-state index in [1.807, 2.05) is 0 Å². The highest BCUT2D eigenvalue weighted by Crippen LogP contribution is 2.40. The minimum absolute atomic E-state index is 0. The average Bonchev–Trinajstić information content (AvgIpc) is 2.41. The van der Waals surface area contributed by atoms with Gasteiger partial charge in [0, 0.05) is 11.6 Å². The lowest BCUT2D eigenvalue weighted by molar-refractivity contribution is -0.386. The van der Waals surface area contributed by atoms with Crippen molar-refractivity contribution in [2.75, 3.05) is 0 Å². The van der Waals surface area contributed by atoms with Gasteiger partial charge in [0.15, 0.2) is 5.75 Å². The Bertz CT molecular complexity index is 493. The summed E-state index contributed by atoms with van der Waals surface area (Å²) in [7, 11) is 0. The monoisotopic (exact) mass is 304 g/mol. The predicted molar refractivity (Wildman–Crippen MR) is 75.5 cm³/mol. The number of nitrogens with zero attached hydrogens (tertiary/aromatic N) is 1. The van der Waals surface area contributed by atoms with Crippen LogP contribution in [0.3, 0.4) is 0 Å². The van der Waals surface area contributed by atoms with Gasteiger partial charge < -0.3 is 10.8 Å². The smallest absolute Gasteiger partial charge is 0.313 e. The maximum absolute atomic E-state index is 13.4. The van der Waals surface area contributed by atoms with Crippen molar-refractivity contribution in [3.8, 4) is 5.75 Å². The summed E-state index contributed by atoms with van der Waals surface area (Å²) >= 11 is 0. The lowest BCUT2D eigenvalue weighted by Gasteiger charge is -2.28. The van der Waals surface area contributed by atoms with Gasteiger partial charge in [0.2, 0.25) is 0 Å². The lowest BCUT2D eigenvalue weighted by atomic mass is 9.81. The molecule has 0 heterocycles. The van der Waals surface area contributed by atoms with Gasteiger partial charge in [-0.1, -0.05) is 19.3 Å². The van der Waals surface area contributed by atoms with Gasteiger partial charge in [0.1, 0.15) is 5.82 Å². The fourth-order valence-electron chi connectivity index (χ4n) is 2.75. The van der Waals surface area contributed by atoms with Gasteiger partial charge in [-0.3, -0.25) is 10.1 Å². The van der Waals surface area contributed by atoms with E-state index in [0.29, 0.717) is 6.07 Å². The Balaban J connectivity index is 0.00000200. The molecule has 112 valence electrons. The van der Waals surface area contributed by atoms with Gasteiger partial charge in [-0.05, 0) is 24.8 Å². The van der Waals surface area contributed by atoms with Crippen LogP contribution in [0.2, 0.25) is 0 Å². The Morgan fingerprint density at radius 2 is 1.95 bits per heavy atom. The van der Waals surface area contributed by atoms with Crippen LogP contribution in [0.25, 0.3) is 0 Å². The second-order valence-electron chi connectivity index (χ2n) is 5.04. The Labute approximate surface area is 122 Å². The SMILES string of the molecule is Cl.N[C@@H](c1cc(F)cc([N+](=O)[O-])c1O)C1CCCCC1. The van der Waals surface area contributed by atoms with Gasteiger partial charge >= 0.3 is 5.69 Å². The van der Waals surface area contributed by atoms with E-state index in [0.717, 1.165) is 38.2 Å². The molecule has 1 aromatic rings. The first-order valence-electron chi connectivity index (χ1n) is 6.43. The van der Waals surface area contributed by atoms with Crippen molar-refractivity contribution in [3.05, 3.63) is 33.6 Å². The molecule has 1 aromatic carbocycles. The predicted octanol–water partition coefficient (Wildman–Crippen LogP) is 3.44. The molecule has 0 spiro atoms. The van der Waals surface area contributed by atoms with Crippen LogP contribution in [0.15, 0.2) is 12.1 Å². The summed E-state index contributed by atoms with van der Waals surface area (Å²) in [5.74, 6) is -1.11. The molecule has 1 atom stereocenters. The first-order valence-corrected chi connectivity index (χ1v) is 6.43. The molecule has 0 bridgehead atoms. The molecule has 7 heteroatoms. The van der Waals surface area contributed by atoms with E-state index in [9.17, 15) is 19.6 Å². The highest BCUT2D eigenvalue weighted by molar-refractivity contribution is 5.85. The zero-order chi connectivity index (χ0) is 14.0. The zero-order valence-corrected chi connectivity index (χ0v) is 11.7. The molecular weight excluding hydrogens is 287 g/mol. The lowest BCUT2D eigenvalue weighted by Crippen LogP contribution is -2.24. The third kappa shape index (κ3) is 3.37. The van der Waals surface area contributed by atoms with Crippen LogP contribution in [0.5, 0.6) is 5.75 Å². The molecule has 20 heavy (non-hydrogen) atoms. The number of aromatic hydroxyl groups is 1. The third-order valence-electron chi connectivity index (χ3n) is 3.80. The number of hydrogen-bond donors (Lipinski definition) is 2. The maximum atomic E-state index is 13.4. The van der Waals surface area contributed by atoms with Gasteiger partial charge in [-0.25, -0.2) is 4.39 Å². The van der Waals surface area contributed by atoms with Crippen LogP contribution in [0.4, 0.5) is 10.1 Å². The number of phenols is 1. The van der Waals surface area contributed by atoms with Crippen molar-refractivity contribution < 1.29 is 14.4 Å². The molecule has 2 rings (SSSR count). The van der Waals surface area contributed by atoms with Gasteiger partial charge in [-0.2, -0.15) is 0 Å². The van der Waals surface area contributed by atoms with Crippen molar-refractivity contribution in [3.63, 3.8) is 0 Å². The molecule has 5 nitrogen and oxygen atoms in total. The number of rotatable bonds is 3. The Morgan fingerprint density at radius 3 is 2.50 bits per heavy atom. The molecular formula is C13H18ClFN2O3. The van der Waals surface area contributed by atoms with Crippen molar-refractivity contribution >= 4 is 18.1 Å². The number of phenolic OH excluding ortho intramolecular Hbond substituents is 1. The first-order chi connectivity index (χ1) is 9.00. The van der Waals surface area contributed by atoms with Crippen molar-refractivity contribution in [2.24, 2.45) is 11.7 Å². The minimum Gasteiger partial charge on any atom is -0.502 e. The summed E-state index contributed by atoms with van der Waals surface area (Å²) in [4.78, 5) is 9.97. The molecule has 1 aliphatic rings. The molecule has 1 saturated carbocycles. The summed E-state index contributed by atoms with van der Waals surface area (Å²) in [6, 6.07) is 1.25. The van der Waals surface area contributed by atoms with Crippen LogP contribution in [0.1, 0.15) is 43.7 Å². The number of benzene rings is 1. The molecule has 1 fully saturated rings. The molecule has 0 radical (unpaired) electrons. The van der Waals surface area contributed by atoms with Crippen LogP contribution < -0.4 is 5.73 Å². The number of nitrogens with two attached hydrogens (primary N) is 1. The summed E-state index contributed by atoms with van der Waals surface area (Å²) < 4.78 is 13.4. The topological polar surface area (TPSA) is 89.4 Å². The van der Waals surface area contributed by atoms with Crippen LogP contribution >= 0.6 is 12.4 Å². The number of halogens is 2. The van der Waals surface area contributed by atoms with Crippen LogP contribution in [-0.4, -0.2) is 10.0 Å². The van der Waals surface area contributed by atoms with Crippen LogP contribution in [-0.2, 0) is 0 Å². The average molecular weight is 305 g/mol. The highest BCUT2D eigenvalue weighted by Gasteiger charge is 2.28. The zero-order valence-electron chi connectivity index (χ0n) is 10.9. The van der Waals surface area contributed by atoms with Crippen LogP contribution in [0, 0.1) is 21.8 Å². The number of nitro groups is 1. The van der Waals surface area contributed by atoms with Gasteiger partial charge in [-0.15, -0.1) is 12.4 Å². The maximum Gasteiger partial charge on any atom is 0.313 e. The third-order valence-corrected chi connectivity index (χ3v) is 3.80. The number of hydrogen-bond acceptors (Lipinski definition) is 4. The number of nitro benzene ring substituents is 1. The molecule has 0 unspecified atom stereocenters. The first kappa shape index (κ1) is 16.7. The fourth-order valence-corrected chi connectivity index (χ4v) is 2.75. The fraction of sp³-hybridized carbons (Fsp3) is 0.538. The molecule has 0 amide bonds. The molecule has 0 saturated heterocycles. The van der Waals surface area contributed by atoms with E-state index in [4.69, 9.17) is 5.73 Å². The summed E-state index contributed by atoms with van der Waals surface area (Å²) in [5, 5.41) is 20.7. The van der Waals surface area contributed by atoms with Crippen molar-refractivity contribution in [2.45, 2.75) is 38.1 Å². The van der Waals surface area contributed by atoms with E-state index in [-0.39, 0.29) is 23.9 Å². The Kier molecular flexibility index (Phi) is 5.71. The summed E-state index contributed by atoms with van der Waals surface area (Å²) in [6.07, 6.45) is 5.07. The molecule has 0 aliphatic heterocycles. The van der Waals surface area contributed by atoms with E-state index < -0.39 is 28.2 Å². The second-order valence-corrected chi connectivity index (χ2v) is 5.04. The summed E-state index contributed by atoms with van der Waals surface area (Å²) in [6.45, 7) is 0. The van der Waals surface area contributed by atoms with Crippen molar-refractivity contribution in [1.82, 2.24) is 0 Å². The summed E-state index contributed by atoms with van der Waals surface area (Å²) in [5.41, 5.74) is 5.57. The van der Waals surface area contributed by atoms with Crippen molar-refractivity contribution in [1.29, 1.82) is 0 Å². The van der Waals surface area contributed by atoms with E-state index >= 15 is 0 Å². The van der Waals surface area contributed by atoms with E-state index in [1.165, 1.54) is 0 Å². The molecule has 1 aliphatic carbocycles. The largest absolute Gasteiger partial charge is 0.502 e. The van der Waals surface area contributed by atoms with E-state index in [2.05, 4.69) is 0 Å². The Morgan fingerprint density at radius 1 is 1.35 bits per heavy atom. The quantitative estimate of drug-likeness (QED) is 0.661. The van der Waals surface area contributed by atoms with Gasteiger partial charge in [0.05, 0.1) is 11.0 Å². The normalized spacial score (nSPS) is 17.3. The highest BCUT2D eigenvalue weighted by atomic mass is 35.5. The molecule has 0 aromatic heterocycles.